The van der Waals surface area contributed by atoms with Crippen molar-refractivity contribution < 1.29 is 0 Å². The largest absolute Gasteiger partial charge is 0.309 e. The monoisotopic (exact) mass is 1750 g/mol. The number of aromatic nitrogens is 6. The highest BCUT2D eigenvalue weighted by Gasteiger charge is 2.23. The molecule has 22 aromatic carbocycles. The maximum atomic E-state index is 2.43. The van der Waals surface area contributed by atoms with Crippen LogP contribution >= 0.6 is 0 Å². The van der Waals surface area contributed by atoms with E-state index in [0.717, 1.165) is 11.4 Å². The van der Waals surface area contributed by atoms with Gasteiger partial charge in [-0.25, -0.2) is 0 Å². The highest BCUT2D eigenvalue weighted by atomic mass is 15.0. The molecule has 28 aromatic rings. The van der Waals surface area contributed by atoms with E-state index < -0.39 is 0 Å². The number of rotatable bonds is 12. The normalized spacial score (nSPS) is 11.6. The highest BCUT2D eigenvalue weighted by Crippen LogP contribution is 2.45. The smallest absolute Gasteiger partial charge is 0.0541 e. The Morgan fingerprint density at radius 1 is 0.0949 bits per heavy atom. The number of benzene rings is 22. The Balaban J connectivity index is 0.000000109. The molecule has 0 fully saturated rings. The van der Waals surface area contributed by atoms with Gasteiger partial charge in [0, 0.05) is 98.8 Å². The van der Waals surface area contributed by atoms with Gasteiger partial charge in [-0.15, -0.1) is 0 Å². The van der Waals surface area contributed by atoms with Crippen molar-refractivity contribution in [3.05, 3.63) is 522 Å². The lowest BCUT2D eigenvalue weighted by Crippen LogP contribution is -1.96. The van der Waals surface area contributed by atoms with Crippen LogP contribution in [0.3, 0.4) is 0 Å². The lowest BCUT2D eigenvalue weighted by Gasteiger charge is -2.14. The van der Waals surface area contributed by atoms with Crippen LogP contribution in [0.15, 0.2) is 522 Å². The highest BCUT2D eigenvalue weighted by molar-refractivity contribution is 6.16. The second kappa shape index (κ2) is 33.9. The van der Waals surface area contributed by atoms with Crippen molar-refractivity contribution in [2.24, 2.45) is 0 Å². The summed E-state index contributed by atoms with van der Waals surface area (Å²) in [5, 5.41) is 17.7. The van der Waals surface area contributed by atoms with Crippen molar-refractivity contribution in [3.8, 4) is 101 Å². The first kappa shape index (κ1) is 80.9. The number of fused-ring (bicyclic) bond motifs is 19. The van der Waals surface area contributed by atoms with Crippen molar-refractivity contribution in [3.63, 3.8) is 0 Å². The molecule has 0 bridgehead atoms. The van der Waals surface area contributed by atoms with Crippen molar-refractivity contribution in [1.29, 1.82) is 0 Å². The van der Waals surface area contributed by atoms with Crippen molar-refractivity contribution in [2.75, 3.05) is 0 Å². The van der Waals surface area contributed by atoms with Gasteiger partial charge >= 0.3 is 0 Å². The second-order valence-corrected chi connectivity index (χ2v) is 35.5. The first-order chi connectivity index (χ1) is 67.5. The molecule has 0 aliphatic heterocycles. The van der Waals surface area contributed by atoms with E-state index in [1.165, 1.54) is 231 Å². The molecule has 0 N–H and O–H groups in total. The lowest BCUT2D eigenvalue weighted by atomic mass is 9.98. The quantitative estimate of drug-likeness (QED) is 0.117. The molecule has 0 unspecified atom stereocenters. The zero-order chi connectivity index (χ0) is 89.7. The predicted molar refractivity (Wildman–Crippen MR) is 582 cm³/mol. The van der Waals surface area contributed by atoms with E-state index in [9.17, 15) is 0 Å². The van der Waals surface area contributed by atoms with Crippen molar-refractivity contribution in [1.82, 2.24) is 27.4 Å². The molecule has 0 amide bonds. The molecule has 28 rings (SSSR count). The Morgan fingerprint density at radius 2 is 0.299 bits per heavy atom. The minimum Gasteiger partial charge on any atom is -0.309 e. The van der Waals surface area contributed by atoms with Gasteiger partial charge in [0.2, 0.25) is 0 Å². The molecular formula is C131H90N6. The molecule has 0 saturated carbocycles. The minimum absolute atomic E-state index is 0. The van der Waals surface area contributed by atoms with Gasteiger partial charge < -0.3 is 27.4 Å². The maximum Gasteiger partial charge on any atom is 0.0541 e. The third kappa shape index (κ3) is 14.0. The summed E-state index contributed by atoms with van der Waals surface area (Å²) in [5.74, 6) is 0. The van der Waals surface area contributed by atoms with E-state index in [2.05, 4.69) is 549 Å². The summed E-state index contributed by atoms with van der Waals surface area (Å²) in [5.41, 5.74) is 36.2. The van der Waals surface area contributed by atoms with E-state index in [0.29, 0.717) is 0 Å². The molecular weight excluding hydrogens is 1660 g/mol. The number of hydrogen-bond acceptors (Lipinski definition) is 0. The van der Waals surface area contributed by atoms with E-state index in [-0.39, 0.29) is 7.43 Å². The third-order valence-corrected chi connectivity index (χ3v) is 27.7. The molecule has 0 radical (unpaired) electrons. The fourth-order valence-corrected chi connectivity index (χ4v) is 21.4. The third-order valence-electron chi connectivity index (χ3n) is 27.7. The molecule has 0 aliphatic rings. The van der Waals surface area contributed by atoms with E-state index in [1.807, 2.05) is 0 Å². The number of hydrogen-bond donors (Lipinski definition) is 0. The topological polar surface area (TPSA) is 29.6 Å². The summed E-state index contributed by atoms with van der Waals surface area (Å²) < 4.78 is 14.3. The van der Waals surface area contributed by atoms with Crippen LogP contribution in [-0.4, -0.2) is 27.4 Å². The Morgan fingerprint density at radius 3 is 0.620 bits per heavy atom. The maximum absolute atomic E-state index is 2.43. The molecule has 0 atom stereocenters. The lowest BCUT2D eigenvalue weighted by molar-refractivity contribution is 1.18. The Kier molecular flexibility index (Phi) is 20.0. The van der Waals surface area contributed by atoms with Gasteiger partial charge in [-0.1, -0.05) is 359 Å². The van der Waals surface area contributed by atoms with Crippen molar-refractivity contribution in [2.45, 2.75) is 7.43 Å². The average molecular weight is 1750 g/mol. The summed E-state index contributed by atoms with van der Waals surface area (Å²) in [7, 11) is 0. The van der Waals surface area contributed by atoms with Crippen LogP contribution in [0.1, 0.15) is 7.43 Å². The van der Waals surface area contributed by atoms with Gasteiger partial charge in [-0.05, 0) is 247 Å². The molecule has 6 heterocycles. The molecule has 0 spiro atoms. The Bertz CT molecular complexity index is 9300. The standard InChI is InChI=1S/C48H32N2.C42H28N2.C40H26N2.CH4/c1-3-13-33(14-4-1)37-29-38(34-15-5-2-6-16-34)31-40(30-37)50-47-22-12-9-19-43(47)44-32-36(25-28-48(44)50)35-23-26-39(27-24-35)49-45-20-10-7-17-41(45)42-18-8-11-21-46(42)49;1-2-11-29(12-3-1)31-13-10-14-34(27-31)44-41-20-9-6-17-37(41)38-28-32(23-26-42(38)44)30-21-24-33(25-22-30)43-39-18-7-4-15-35(39)36-16-5-8-19-40(36)43;1-2-10-29-25-32(23-19-27(29)9-1)42-39-16-8-5-13-35(39)36-26-30(20-24-40(36)42)28-17-21-31(22-18-28)41-37-14-6-3-11-33(37)34-12-4-7-15-38(34)41;/h1-32H;1-28H;1-26H;1H4. The second-order valence-electron chi connectivity index (χ2n) is 35.5. The van der Waals surface area contributed by atoms with Crippen LogP contribution in [0, 0.1) is 0 Å². The van der Waals surface area contributed by atoms with Gasteiger partial charge in [-0.2, -0.15) is 0 Å². The van der Waals surface area contributed by atoms with Gasteiger partial charge in [0.15, 0.2) is 0 Å². The predicted octanol–water partition coefficient (Wildman–Crippen LogP) is 35.4. The fourth-order valence-electron chi connectivity index (χ4n) is 21.4. The summed E-state index contributed by atoms with van der Waals surface area (Å²) in [6.45, 7) is 0. The van der Waals surface area contributed by atoms with E-state index in [1.54, 1.807) is 0 Å². The van der Waals surface area contributed by atoms with Gasteiger partial charge in [-0.3, -0.25) is 0 Å². The van der Waals surface area contributed by atoms with Gasteiger partial charge in [0.25, 0.3) is 0 Å². The van der Waals surface area contributed by atoms with E-state index in [4.69, 9.17) is 0 Å². The Hall–Kier alpha value is -18.1. The fraction of sp³-hybridized carbons (Fsp3) is 0.00763. The summed E-state index contributed by atoms with van der Waals surface area (Å²) >= 11 is 0. The number of nitrogens with zero attached hydrogens (tertiary/aromatic N) is 6. The van der Waals surface area contributed by atoms with Crippen molar-refractivity contribution >= 4 is 142 Å². The van der Waals surface area contributed by atoms with Gasteiger partial charge in [0.1, 0.15) is 0 Å². The van der Waals surface area contributed by atoms with E-state index >= 15 is 0 Å². The molecule has 644 valence electrons. The van der Waals surface area contributed by atoms with Crippen LogP contribution in [0.25, 0.3) is 242 Å². The molecule has 0 saturated heterocycles. The van der Waals surface area contributed by atoms with Crippen LogP contribution in [-0.2, 0) is 0 Å². The SMILES string of the molecule is C.c1ccc(-c2cc(-c3ccccc3)cc(-n3c4ccccc4c4cc(-c5ccc(-n6c7ccccc7c7ccccc76)cc5)ccc43)c2)cc1.c1ccc(-c2cccc(-n3c4ccccc4c4cc(-c5ccc(-n6c7ccccc7c7ccccc76)cc5)ccc43)c2)cc1.c1ccc2cc(-n3c4ccccc4c4cc(-c5ccc(-n6c7ccccc7c7ccccc76)cc5)ccc43)ccc2c1. The van der Waals surface area contributed by atoms with Crippen LogP contribution in [0.4, 0.5) is 0 Å². The molecule has 0 aliphatic carbocycles. The first-order valence-electron chi connectivity index (χ1n) is 46.8. The minimum atomic E-state index is 0. The molecule has 6 nitrogen and oxygen atoms in total. The zero-order valence-corrected chi connectivity index (χ0v) is 74.3. The summed E-state index contributed by atoms with van der Waals surface area (Å²) in [6, 6.07) is 189. The summed E-state index contributed by atoms with van der Waals surface area (Å²) in [6.07, 6.45) is 0. The average Bonchev–Trinajstić information content (AvgIpc) is 1.51. The summed E-state index contributed by atoms with van der Waals surface area (Å²) in [4.78, 5) is 0. The molecule has 6 heteroatoms. The first-order valence-corrected chi connectivity index (χ1v) is 46.8. The van der Waals surface area contributed by atoms with Crippen LogP contribution in [0.2, 0.25) is 0 Å². The van der Waals surface area contributed by atoms with Crippen LogP contribution in [0.5, 0.6) is 0 Å². The molecule has 6 aromatic heterocycles. The number of para-hydroxylation sites is 9. The Labute approximate surface area is 793 Å². The molecule has 137 heavy (non-hydrogen) atoms. The zero-order valence-electron chi connectivity index (χ0n) is 74.3. The van der Waals surface area contributed by atoms with Crippen LogP contribution < -0.4 is 0 Å². The van der Waals surface area contributed by atoms with Gasteiger partial charge in [0.05, 0.1) is 66.2 Å².